The second-order valence-corrected chi connectivity index (χ2v) is 5.20. The summed E-state index contributed by atoms with van der Waals surface area (Å²) in [6, 6.07) is 16.7. The summed E-state index contributed by atoms with van der Waals surface area (Å²) < 4.78 is 0. The molecule has 0 heterocycles. The number of anilines is 1. The van der Waals surface area contributed by atoms with E-state index in [1.54, 1.807) is 24.3 Å². The van der Waals surface area contributed by atoms with Crippen molar-refractivity contribution in [3.63, 3.8) is 0 Å². The molecule has 0 aromatic heterocycles. The fraction of sp³-hybridized carbons (Fsp3) is 0.222. The first-order valence-corrected chi connectivity index (χ1v) is 7.58. The molecule has 23 heavy (non-hydrogen) atoms. The molecule has 2 aromatic carbocycles. The van der Waals surface area contributed by atoms with Gasteiger partial charge in [0.1, 0.15) is 0 Å². The largest absolute Gasteiger partial charge is 0.376 e. The first-order valence-electron chi connectivity index (χ1n) is 7.58. The average Bonchev–Trinajstić information content (AvgIpc) is 2.58. The van der Waals surface area contributed by atoms with Crippen molar-refractivity contribution < 1.29 is 9.59 Å². The zero-order chi connectivity index (χ0) is 16.7. The molecule has 5 nitrogen and oxygen atoms in total. The minimum atomic E-state index is -0.524. The van der Waals surface area contributed by atoms with Crippen molar-refractivity contribution >= 4 is 17.5 Å². The second-order valence-electron chi connectivity index (χ2n) is 5.20. The normalized spacial score (nSPS) is 11.5. The smallest absolute Gasteiger partial charge is 0.250 e. The molecule has 1 unspecified atom stereocenters. The quantitative estimate of drug-likeness (QED) is 0.734. The predicted molar refractivity (Wildman–Crippen MR) is 91.1 cm³/mol. The molecule has 120 valence electrons. The summed E-state index contributed by atoms with van der Waals surface area (Å²) in [5.74, 6) is -0.663. The number of benzene rings is 2. The van der Waals surface area contributed by atoms with Crippen LogP contribution in [-0.2, 0) is 4.79 Å². The molecular formula is C18H21N3O2. The Morgan fingerprint density at radius 3 is 2.35 bits per heavy atom. The van der Waals surface area contributed by atoms with Crippen LogP contribution in [0.25, 0.3) is 0 Å². The van der Waals surface area contributed by atoms with Gasteiger partial charge in [0, 0.05) is 5.69 Å². The molecule has 0 aliphatic heterocycles. The molecular weight excluding hydrogens is 290 g/mol. The number of nitrogens with one attached hydrogen (secondary N) is 2. The highest BCUT2D eigenvalue weighted by molar-refractivity contribution is 5.99. The molecule has 0 saturated carbocycles. The molecule has 5 heteroatoms. The maximum atomic E-state index is 12.2. The highest BCUT2D eigenvalue weighted by atomic mass is 16.2. The van der Waals surface area contributed by atoms with Gasteiger partial charge in [-0.25, -0.2) is 0 Å². The van der Waals surface area contributed by atoms with Crippen molar-refractivity contribution in [2.75, 3.05) is 11.9 Å². The van der Waals surface area contributed by atoms with E-state index in [9.17, 15) is 9.59 Å². The van der Waals surface area contributed by atoms with Crippen LogP contribution in [0.5, 0.6) is 0 Å². The number of hydrogen-bond acceptors (Lipinski definition) is 3. The SMILES string of the molecule is CCC(NC(=O)CNc1ccccc1C(N)=O)c1ccccc1. The van der Waals surface area contributed by atoms with Crippen LogP contribution in [0.15, 0.2) is 54.6 Å². The van der Waals surface area contributed by atoms with E-state index in [-0.39, 0.29) is 18.5 Å². The van der Waals surface area contributed by atoms with Gasteiger partial charge in [-0.2, -0.15) is 0 Å². The predicted octanol–water partition coefficient (Wildman–Crippen LogP) is 2.46. The Hall–Kier alpha value is -2.82. The maximum absolute atomic E-state index is 12.2. The lowest BCUT2D eigenvalue weighted by Crippen LogP contribution is -2.33. The van der Waals surface area contributed by atoms with E-state index in [0.717, 1.165) is 12.0 Å². The molecule has 0 saturated heterocycles. The summed E-state index contributed by atoms with van der Waals surface area (Å²) in [5.41, 5.74) is 7.32. The minimum absolute atomic E-state index is 0.0307. The van der Waals surface area contributed by atoms with Crippen molar-refractivity contribution in [3.05, 3.63) is 65.7 Å². The Morgan fingerprint density at radius 1 is 1.04 bits per heavy atom. The van der Waals surface area contributed by atoms with Crippen LogP contribution in [-0.4, -0.2) is 18.4 Å². The van der Waals surface area contributed by atoms with E-state index >= 15 is 0 Å². The average molecular weight is 311 g/mol. The van der Waals surface area contributed by atoms with Crippen LogP contribution in [0, 0.1) is 0 Å². The van der Waals surface area contributed by atoms with Crippen molar-refractivity contribution in [1.82, 2.24) is 5.32 Å². The van der Waals surface area contributed by atoms with Gasteiger partial charge in [-0.3, -0.25) is 9.59 Å². The topological polar surface area (TPSA) is 84.2 Å². The van der Waals surface area contributed by atoms with Crippen molar-refractivity contribution in [2.24, 2.45) is 5.73 Å². The van der Waals surface area contributed by atoms with Gasteiger partial charge in [0.05, 0.1) is 18.2 Å². The van der Waals surface area contributed by atoms with Crippen LogP contribution < -0.4 is 16.4 Å². The third kappa shape index (κ3) is 4.57. The molecule has 2 amide bonds. The van der Waals surface area contributed by atoms with Gasteiger partial charge in [-0.15, -0.1) is 0 Å². The number of rotatable bonds is 7. The first-order chi connectivity index (χ1) is 11.1. The van der Waals surface area contributed by atoms with Crippen LogP contribution in [0.4, 0.5) is 5.69 Å². The monoisotopic (exact) mass is 311 g/mol. The van der Waals surface area contributed by atoms with E-state index < -0.39 is 5.91 Å². The third-order valence-corrected chi connectivity index (χ3v) is 3.58. The van der Waals surface area contributed by atoms with Gasteiger partial charge in [0.25, 0.3) is 5.91 Å². The number of primary amides is 1. The van der Waals surface area contributed by atoms with Crippen LogP contribution >= 0.6 is 0 Å². The number of nitrogens with two attached hydrogens (primary N) is 1. The molecule has 0 radical (unpaired) electrons. The standard InChI is InChI=1S/C18H21N3O2/c1-2-15(13-8-4-3-5-9-13)21-17(22)12-20-16-11-7-6-10-14(16)18(19)23/h3-11,15,20H,2,12H2,1H3,(H2,19,23)(H,21,22). The number of carbonyl (C=O) groups is 2. The molecule has 4 N–H and O–H groups in total. The van der Waals surface area contributed by atoms with Crippen molar-refractivity contribution in [3.8, 4) is 0 Å². The number of para-hydroxylation sites is 1. The zero-order valence-electron chi connectivity index (χ0n) is 13.1. The Balaban J connectivity index is 1.96. The van der Waals surface area contributed by atoms with Gasteiger partial charge >= 0.3 is 0 Å². The molecule has 2 rings (SSSR count). The Kier molecular flexibility index (Phi) is 5.74. The van der Waals surface area contributed by atoms with E-state index in [0.29, 0.717) is 11.3 Å². The summed E-state index contributed by atoms with van der Waals surface area (Å²) in [6.45, 7) is 2.10. The fourth-order valence-electron chi connectivity index (χ4n) is 2.38. The van der Waals surface area contributed by atoms with Crippen molar-refractivity contribution in [1.29, 1.82) is 0 Å². The summed E-state index contributed by atoms with van der Waals surface area (Å²) in [5, 5.41) is 5.95. The van der Waals surface area contributed by atoms with Gasteiger partial charge in [0.15, 0.2) is 0 Å². The maximum Gasteiger partial charge on any atom is 0.250 e. The van der Waals surface area contributed by atoms with Gasteiger partial charge in [0.2, 0.25) is 5.91 Å². The first kappa shape index (κ1) is 16.5. The van der Waals surface area contributed by atoms with E-state index in [4.69, 9.17) is 5.73 Å². The number of carbonyl (C=O) groups excluding carboxylic acids is 2. The minimum Gasteiger partial charge on any atom is -0.376 e. The van der Waals surface area contributed by atoms with E-state index in [1.165, 1.54) is 0 Å². The van der Waals surface area contributed by atoms with Gasteiger partial charge in [-0.1, -0.05) is 49.4 Å². The summed E-state index contributed by atoms with van der Waals surface area (Å²) in [6.07, 6.45) is 0.799. The summed E-state index contributed by atoms with van der Waals surface area (Å²) >= 11 is 0. The van der Waals surface area contributed by atoms with Crippen LogP contribution in [0.1, 0.15) is 35.3 Å². The van der Waals surface area contributed by atoms with Gasteiger partial charge in [-0.05, 0) is 24.1 Å². The second kappa shape index (κ2) is 7.98. The van der Waals surface area contributed by atoms with Gasteiger partial charge < -0.3 is 16.4 Å². The molecule has 0 aliphatic carbocycles. The highest BCUT2D eigenvalue weighted by Crippen LogP contribution is 2.16. The third-order valence-electron chi connectivity index (χ3n) is 3.58. The Bertz CT molecular complexity index is 671. The lowest BCUT2D eigenvalue weighted by molar-refractivity contribution is -0.120. The zero-order valence-corrected chi connectivity index (χ0v) is 13.1. The van der Waals surface area contributed by atoms with Crippen LogP contribution in [0.2, 0.25) is 0 Å². The Morgan fingerprint density at radius 2 is 1.70 bits per heavy atom. The molecule has 0 aliphatic rings. The molecule has 0 bridgehead atoms. The highest BCUT2D eigenvalue weighted by Gasteiger charge is 2.13. The number of hydrogen-bond donors (Lipinski definition) is 3. The van der Waals surface area contributed by atoms with E-state index in [2.05, 4.69) is 10.6 Å². The summed E-state index contributed by atoms with van der Waals surface area (Å²) in [4.78, 5) is 23.5. The Labute approximate surface area is 135 Å². The molecule has 2 aromatic rings. The molecule has 0 spiro atoms. The molecule has 0 fully saturated rings. The van der Waals surface area contributed by atoms with Crippen molar-refractivity contribution in [2.45, 2.75) is 19.4 Å². The fourth-order valence-corrected chi connectivity index (χ4v) is 2.38. The van der Waals surface area contributed by atoms with Crippen LogP contribution in [0.3, 0.4) is 0 Å². The lowest BCUT2D eigenvalue weighted by Gasteiger charge is -2.18. The molecule has 1 atom stereocenters. The van der Waals surface area contributed by atoms with E-state index in [1.807, 2.05) is 37.3 Å². The summed E-state index contributed by atoms with van der Waals surface area (Å²) in [7, 11) is 0. The number of amides is 2. The lowest BCUT2D eigenvalue weighted by atomic mass is 10.0.